The van der Waals surface area contributed by atoms with Gasteiger partial charge in [0.25, 0.3) is 0 Å². The third-order valence-electron chi connectivity index (χ3n) is 5.66. The zero-order valence-corrected chi connectivity index (χ0v) is 17.8. The van der Waals surface area contributed by atoms with Crippen LogP contribution in [0, 0.1) is 0 Å². The van der Waals surface area contributed by atoms with Crippen LogP contribution in [0.1, 0.15) is 35.4 Å². The van der Waals surface area contributed by atoms with Crippen LogP contribution < -0.4 is 14.2 Å². The molecule has 5 rings (SSSR count). The Labute approximate surface area is 185 Å². The highest BCUT2D eigenvalue weighted by molar-refractivity contribution is 6.31. The summed E-state index contributed by atoms with van der Waals surface area (Å²) in [5, 5.41) is 17.8. The summed E-state index contributed by atoms with van der Waals surface area (Å²) in [7, 11) is 3.21. The number of rotatable bonds is 4. The second-order valence-corrected chi connectivity index (χ2v) is 7.87. The molecule has 3 aromatic rings. The van der Waals surface area contributed by atoms with Crippen molar-refractivity contribution in [2.24, 2.45) is 5.10 Å². The van der Waals surface area contributed by atoms with Crippen LogP contribution in [0.4, 0.5) is 0 Å². The predicted molar refractivity (Wildman–Crippen MR) is 118 cm³/mol. The Hall–Kier alpha value is -3.38. The highest BCUT2D eigenvalue weighted by atomic mass is 35.5. The maximum atomic E-state index is 10.4. The third kappa shape index (κ3) is 3.33. The number of methoxy groups -OCH3 is 2. The summed E-state index contributed by atoms with van der Waals surface area (Å²) in [5.74, 6) is 2.23. The van der Waals surface area contributed by atoms with Gasteiger partial charge in [-0.15, -0.1) is 0 Å². The molecule has 2 aliphatic rings. The van der Waals surface area contributed by atoms with Gasteiger partial charge in [0.05, 0.1) is 26.0 Å². The zero-order chi connectivity index (χ0) is 21.5. The Morgan fingerprint density at radius 3 is 2.65 bits per heavy atom. The van der Waals surface area contributed by atoms with Crippen LogP contribution in [0.15, 0.2) is 65.8 Å². The van der Waals surface area contributed by atoms with E-state index >= 15 is 0 Å². The van der Waals surface area contributed by atoms with Gasteiger partial charge in [0.1, 0.15) is 11.5 Å². The van der Waals surface area contributed by atoms with Crippen molar-refractivity contribution in [2.75, 3.05) is 14.2 Å². The maximum absolute atomic E-state index is 10.4. The lowest BCUT2D eigenvalue weighted by molar-refractivity contribution is -0.0191. The Bertz CT molecular complexity index is 1180. The molecule has 6 nitrogen and oxygen atoms in total. The molecule has 2 atom stereocenters. The van der Waals surface area contributed by atoms with E-state index in [0.29, 0.717) is 28.5 Å². The SMILES string of the molecule is COc1ccc([C@@H]2Oc3ccccc3[C@@H]3CC(c4cc(Cl)ccc4O)=NN32)cc1OC. The molecule has 31 heavy (non-hydrogen) atoms. The molecule has 0 spiro atoms. The van der Waals surface area contributed by atoms with E-state index < -0.39 is 6.23 Å². The number of phenolic OH excluding ortho intramolecular Hbond substituents is 1. The highest BCUT2D eigenvalue weighted by Crippen LogP contribution is 2.48. The van der Waals surface area contributed by atoms with Gasteiger partial charge in [-0.3, -0.25) is 0 Å². The first-order valence-corrected chi connectivity index (χ1v) is 10.3. The van der Waals surface area contributed by atoms with Crippen molar-refractivity contribution < 1.29 is 19.3 Å². The topological polar surface area (TPSA) is 63.5 Å². The highest BCUT2D eigenvalue weighted by Gasteiger charge is 2.41. The van der Waals surface area contributed by atoms with E-state index in [1.165, 1.54) is 0 Å². The van der Waals surface area contributed by atoms with Crippen molar-refractivity contribution in [3.63, 3.8) is 0 Å². The molecule has 1 N–H and O–H groups in total. The van der Waals surface area contributed by atoms with E-state index in [1.807, 2.05) is 47.5 Å². The fraction of sp³-hybridized carbons (Fsp3) is 0.208. The molecule has 2 aliphatic heterocycles. The summed E-state index contributed by atoms with van der Waals surface area (Å²) >= 11 is 6.19. The first-order valence-electron chi connectivity index (χ1n) is 9.91. The van der Waals surface area contributed by atoms with Gasteiger partial charge in [0, 0.05) is 28.1 Å². The summed E-state index contributed by atoms with van der Waals surface area (Å²) in [5.41, 5.74) is 3.33. The van der Waals surface area contributed by atoms with Crippen LogP contribution in [0.2, 0.25) is 5.02 Å². The van der Waals surface area contributed by atoms with Crippen LogP contribution in [-0.2, 0) is 0 Å². The minimum atomic E-state index is -0.460. The molecular formula is C24H21ClN2O4. The number of hydrogen-bond acceptors (Lipinski definition) is 6. The van der Waals surface area contributed by atoms with E-state index in [4.69, 9.17) is 30.9 Å². The number of phenols is 1. The molecule has 3 aromatic carbocycles. The Morgan fingerprint density at radius 1 is 1.03 bits per heavy atom. The molecule has 0 bridgehead atoms. The van der Waals surface area contributed by atoms with Crippen molar-refractivity contribution in [3.05, 3.63) is 82.4 Å². The number of nitrogens with zero attached hydrogens (tertiary/aromatic N) is 2. The number of halogens is 1. The fourth-order valence-electron chi connectivity index (χ4n) is 4.16. The molecule has 0 amide bonds. The largest absolute Gasteiger partial charge is 0.507 e. The van der Waals surface area contributed by atoms with Crippen molar-refractivity contribution in [3.8, 4) is 23.0 Å². The maximum Gasteiger partial charge on any atom is 0.214 e. The lowest BCUT2D eigenvalue weighted by Gasteiger charge is -2.38. The zero-order valence-electron chi connectivity index (χ0n) is 17.1. The minimum Gasteiger partial charge on any atom is -0.507 e. The number of para-hydroxylation sites is 1. The van der Waals surface area contributed by atoms with Crippen LogP contribution in [0.5, 0.6) is 23.0 Å². The lowest BCUT2D eigenvalue weighted by atomic mass is 9.95. The van der Waals surface area contributed by atoms with Gasteiger partial charge in [-0.25, -0.2) is 5.01 Å². The van der Waals surface area contributed by atoms with Crippen LogP contribution in [-0.4, -0.2) is 30.0 Å². The van der Waals surface area contributed by atoms with Crippen molar-refractivity contribution in [2.45, 2.75) is 18.7 Å². The fourth-order valence-corrected chi connectivity index (χ4v) is 4.33. The van der Waals surface area contributed by atoms with E-state index in [-0.39, 0.29) is 11.8 Å². The normalized spacial score (nSPS) is 19.2. The number of hydrazone groups is 1. The standard InChI is InChI=1S/C24H21ClN2O4/c1-29-22-10-7-14(11-23(22)30-2)24-27-19(16-5-3-4-6-21(16)31-24)13-18(26-27)17-12-15(25)8-9-20(17)28/h3-12,19,24,28H,13H2,1-2H3/t19-,24-/m0/s1. The molecule has 2 heterocycles. The quantitative estimate of drug-likeness (QED) is 0.600. The number of ether oxygens (including phenoxy) is 3. The summed E-state index contributed by atoms with van der Waals surface area (Å²) in [6, 6.07) is 18.6. The van der Waals surface area contributed by atoms with Crippen LogP contribution >= 0.6 is 11.6 Å². The molecule has 0 unspecified atom stereocenters. The van der Waals surface area contributed by atoms with Gasteiger partial charge in [-0.1, -0.05) is 29.8 Å². The average molecular weight is 437 g/mol. The molecule has 0 saturated carbocycles. The van der Waals surface area contributed by atoms with Gasteiger partial charge in [-0.2, -0.15) is 5.10 Å². The second kappa shape index (κ2) is 7.71. The van der Waals surface area contributed by atoms with Crippen molar-refractivity contribution in [1.82, 2.24) is 5.01 Å². The van der Waals surface area contributed by atoms with Gasteiger partial charge in [-0.05, 0) is 42.5 Å². The molecule has 0 fully saturated rings. The number of hydrogen-bond donors (Lipinski definition) is 1. The van der Waals surface area contributed by atoms with Crippen molar-refractivity contribution in [1.29, 1.82) is 0 Å². The van der Waals surface area contributed by atoms with Gasteiger partial charge in [0.2, 0.25) is 6.23 Å². The number of aromatic hydroxyl groups is 1. The van der Waals surface area contributed by atoms with Crippen LogP contribution in [0.25, 0.3) is 0 Å². The Kier molecular flexibility index (Phi) is 4.87. The predicted octanol–water partition coefficient (Wildman–Crippen LogP) is 5.31. The van der Waals surface area contributed by atoms with E-state index in [2.05, 4.69) is 0 Å². The molecule has 7 heteroatoms. The minimum absolute atomic E-state index is 0.0311. The van der Waals surface area contributed by atoms with Gasteiger partial charge < -0.3 is 19.3 Å². The third-order valence-corrected chi connectivity index (χ3v) is 5.90. The molecule has 0 radical (unpaired) electrons. The first kappa shape index (κ1) is 19.6. The summed E-state index contributed by atoms with van der Waals surface area (Å²) in [6.45, 7) is 0. The number of fused-ring (bicyclic) bond motifs is 3. The second-order valence-electron chi connectivity index (χ2n) is 7.43. The summed E-state index contributed by atoms with van der Waals surface area (Å²) < 4.78 is 17.2. The molecule has 0 saturated heterocycles. The smallest absolute Gasteiger partial charge is 0.214 e. The van der Waals surface area contributed by atoms with Crippen LogP contribution in [0.3, 0.4) is 0 Å². The van der Waals surface area contributed by atoms with E-state index in [9.17, 15) is 5.11 Å². The van der Waals surface area contributed by atoms with Gasteiger partial charge in [0.15, 0.2) is 11.5 Å². The average Bonchev–Trinajstić information content (AvgIpc) is 3.25. The van der Waals surface area contributed by atoms with E-state index in [1.54, 1.807) is 32.4 Å². The summed E-state index contributed by atoms with van der Waals surface area (Å²) in [4.78, 5) is 0. The Balaban J connectivity index is 1.61. The molecule has 0 aromatic heterocycles. The molecular weight excluding hydrogens is 416 g/mol. The van der Waals surface area contributed by atoms with Gasteiger partial charge >= 0.3 is 0 Å². The molecule has 0 aliphatic carbocycles. The first-order chi connectivity index (χ1) is 15.1. The number of benzene rings is 3. The Morgan fingerprint density at radius 2 is 1.84 bits per heavy atom. The van der Waals surface area contributed by atoms with Crippen molar-refractivity contribution >= 4 is 17.3 Å². The van der Waals surface area contributed by atoms with E-state index in [0.717, 1.165) is 22.6 Å². The summed E-state index contributed by atoms with van der Waals surface area (Å²) in [6.07, 6.45) is 0.163. The monoisotopic (exact) mass is 436 g/mol. The molecule has 158 valence electrons. The lowest BCUT2D eigenvalue weighted by Crippen LogP contribution is -2.33.